The first kappa shape index (κ1) is 17.4. The molecule has 1 aromatic carbocycles. The van der Waals surface area contributed by atoms with Crippen LogP contribution in [-0.4, -0.2) is 24.2 Å². The van der Waals surface area contributed by atoms with Gasteiger partial charge in [0.2, 0.25) is 5.88 Å². The summed E-state index contributed by atoms with van der Waals surface area (Å²) in [7, 11) is 0. The Labute approximate surface area is 150 Å². The average molecular weight is 358 g/mol. The van der Waals surface area contributed by atoms with Crippen molar-refractivity contribution < 1.29 is 5.11 Å². The molecule has 0 fully saturated rings. The minimum absolute atomic E-state index is 0.0642. The molecule has 0 aliphatic heterocycles. The molecule has 0 saturated carbocycles. The lowest BCUT2D eigenvalue weighted by Crippen LogP contribution is -2.29. The quantitative estimate of drug-likeness (QED) is 0.663. The number of imidazole rings is 1. The Bertz CT molecular complexity index is 983. The van der Waals surface area contributed by atoms with Crippen molar-refractivity contribution in [3.05, 3.63) is 50.8 Å². The van der Waals surface area contributed by atoms with Crippen molar-refractivity contribution in [2.45, 2.75) is 46.2 Å². The minimum atomic E-state index is -0.195. The molecule has 7 heteroatoms. The molecule has 0 atom stereocenters. The zero-order valence-electron chi connectivity index (χ0n) is 14.5. The summed E-state index contributed by atoms with van der Waals surface area (Å²) >= 11 is 5.49. The van der Waals surface area contributed by atoms with E-state index in [1.807, 2.05) is 31.2 Å². The predicted octanol–water partition coefficient (Wildman–Crippen LogP) is 3.37. The molecule has 0 amide bonds. The molecule has 132 valence electrons. The number of aromatic nitrogens is 4. The van der Waals surface area contributed by atoms with Crippen LogP contribution in [0.4, 0.5) is 0 Å². The highest BCUT2D eigenvalue weighted by Gasteiger charge is 2.16. The lowest BCUT2D eigenvalue weighted by atomic mass is 10.2. The van der Waals surface area contributed by atoms with Crippen LogP contribution in [0.25, 0.3) is 11.0 Å². The normalized spacial score (nSPS) is 11.3. The predicted molar refractivity (Wildman–Crippen MR) is 101 cm³/mol. The van der Waals surface area contributed by atoms with Gasteiger partial charge in [-0.05, 0) is 37.2 Å². The van der Waals surface area contributed by atoms with E-state index in [4.69, 9.17) is 12.2 Å². The van der Waals surface area contributed by atoms with Gasteiger partial charge < -0.3 is 10.1 Å². The molecular formula is C18H22N4O2S. The second-order valence-corrected chi connectivity index (χ2v) is 6.40. The third kappa shape index (κ3) is 3.24. The number of fused-ring (bicyclic) bond motifs is 1. The van der Waals surface area contributed by atoms with Crippen LogP contribution in [0.1, 0.15) is 38.1 Å². The number of hydrogen-bond donors (Lipinski definition) is 2. The first-order valence-corrected chi connectivity index (χ1v) is 8.96. The van der Waals surface area contributed by atoms with Crippen LogP contribution in [0.3, 0.4) is 0 Å². The van der Waals surface area contributed by atoms with Crippen molar-refractivity contribution in [2.75, 3.05) is 0 Å². The van der Waals surface area contributed by atoms with Crippen molar-refractivity contribution in [3.63, 3.8) is 0 Å². The van der Waals surface area contributed by atoms with E-state index in [1.165, 1.54) is 0 Å². The number of nitrogens with zero attached hydrogens (tertiary/aromatic N) is 3. The summed E-state index contributed by atoms with van der Waals surface area (Å²) in [6.07, 6.45) is 2.28. The van der Waals surface area contributed by atoms with Crippen LogP contribution in [0.15, 0.2) is 29.1 Å². The van der Waals surface area contributed by atoms with Crippen molar-refractivity contribution >= 4 is 23.3 Å². The van der Waals surface area contributed by atoms with Crippen LogP contribution in [0.2, 0.25) is 0 Å². The lowest BCUT2D eigenvalue weighted by molar-refractivity contribution is 0.392. The number of benzene rings is 1. The van der Waals surface area contributed by atoms with Gasteiger partial charge in [-0.2, -0.15) is 0 Å². The third-order valence-electron chi connectivity index (χ3n) is 4.33. The average Bonchev–Trinajstić information content (AvgIpc) is 3.01. The molecule has 0 bridgehead atoms. The molecule has 3 aromatic rings. The van der Waals surface area contributed by atoms with Gasteiger partial charge in [-0.15, -0.1) is 0 Å². The molecule has 0 spiro atoms. The van der Waals surface area contributed by atoms with E-state index >= 15 is 0 Å². The SMILES string of the molecule is CCCCn1c(=O)c(CC)c(O)n(Cc2nc3ccccc3[nH]2)c1=S. The van der Waals surface area contributed by atoms with Crippen LogP contribution in [0, 0.1) is 4.77 Å². The largest absolute Gasteiger partial charge is 0.494 e. The number of nitrogens with one attached hydrogen (secondary N) is 1. The molecule has 0 saturated heterocycles. The molecule has 2 aromatic heterocycles. The Balaban J connectivity index is 2.10. The maximum Gasteiger partial charge on any atom is 0.261 e. The molecule has 3 rings (SSSR count). The molecule has 2 heterocycles. The van der Waals surface area contributed by atoms with Gasteiger partial charge >= 0.3 is 0 Å². The van der Waals surface area contributed by atoms with E-state index in [1.54, 1.807) is 9.13 Å². The van der Waals surface area contributed by atoms with E-state index in [2.05, 4.69) is 16.9 Å². The molecule has 0 radical (unpaired) electrons. The minimum Gasteiger partial charge on any atom is -0.494 e. The Hall–Kier alpha value is -2.41. The Morgan fingerprint density at radius 2 is 2.00 bits per heavy atom. The van der Waals surface area contributed by atoms with Gasteiger partial charge in [0, 0.05) is 6.54 Å². The van der Waals surface area contributed by atoms with Gasteiger partial charge in [0.15, 0.2) is 4.77 Å². The van der Waals surface area contributed by atoms with E-state index in [9.17, 15) is 9.90 Å². The highest BCUT2D eigenvalue weighted by Crippen LogP contribution is 2.18. The summed E-state index contributed by atoms with van der Waals surface area (Å²) in [5, 5.41) is 10.6. The molecule has 25 heavy (non-hydrogen) atoms. The number of aromatic hydroxyl groups is 1. The highest BCUT2D eigenvalue weighted by molar-refractivity contribution is 7.71. The number of H-pyrrole nitrogens is 1. The number of aromatic amines is 1. The fourth-order valence-electron chi connectivity index (χ4n) is 2.94. The maximum atomic E-state index is 12.6. The summed E-state index contributed by atoms with van der Waals surface area (Å²) in [6.45, 7) is 4.77. The van der Waals surface area contributed by atoms with Gasteiger partial charge in [0.1, 0.15) is 5.82 Å². The molecule has 0 aliphatic rings. The van der Waals surface area contributed by atoms with E-state index < -0.39 is 0 Å². The third-order valence-corrected chi connectivity index (χ3v) is 4.77. The Morgan fingerprint density at radius 1 is 1.24 bits per heavy atom. The van der Waals surface area contributed by atoms with E-state index in [-0.39, 0.29) is 11.4 Å². The van der Waals surface area contributed by atoms with Crippen molar-refractivity contribution in [2.24, 2.45) is 0 Å². The van der Waals surface area contributed by atoms with Crippen molar-refractivity contribution in [1.82, 2.24) is 19.1 Å². The molecular weight excluding hydrogens is 336 g/mol. The second kappa shape index (κ2) is 7.23. The van der Waals surface area contributed by atoms with Gasteiger partial charge in [-0.3, -0.25) is 13.9 Å². The summed E-state index contributed by atoms with van der Waals surface area (Å²) in [5.74, 6) is 0.626. The van der Waals surface area contributed by atoms with Gasteiger partial charge in [0.25, 0.3) is 5.56 Å². The summed E-state index contributed by atoms with van der Waals surface area (Å²) in [5.41, 5.74) is 1.98. The second-order valence-electron chi connectivity index (χ2n) is 6.04. The summed E-state index contributed by atoms with van der Waals surface area (Å²) in [6, 6.07) is 7.74. The molecule has 0 aliphatic carbocycles. The van der Waals surface area contributed by atoms with Gasteiger partial charge in [-0.25, -0.2) is 4.98 Å². The zero-order valence-corrected chi connectivity index (χ0v) is 15.3. The van der Waals surface area contributed by atoms with Crippen LogP contribution < -0.4 is 5.56 Å². The molecule has 0 unspecified atom stereocenters. The van der Waals surface area contributed by atoms with Crippen molar-refractivity contribution in [1.29, 1.82) is 0 Å². The van der Waals surface area contributed by atoms with Crippen LogP contribution in [0.5, 0.6) is 5.88 Å². The standard InChI is InChI=1S/C18H22N4O2S/c1-3-5-10-21-16(23)12(4-2)17(24)22(18(21)25)11-15-19-13-8-6-7-9-14(13)20-15/h6-9,24H,3-5,10-11H2,1-2H3,(H,19,20). The first-order valence-electron chi connectivity index (χ1n) is 8.55. The Kier molecular flexibility index (Phi) is 5.03. The number of para-hydroxylation sites is 2. The summed E-state index contributed by atoms with van der Waals surface area (Å²) < 4.78 is 3.50. The summed E-state index contributed by atoms with van der Waals surface area (Å²) in [4.78, 5) is 20.4. The van der Waals surface area contributed by atoms with Crippen molar-refractivity contribution in [3.8, 4) is 5.88 Å². The van der Waals surface area contributed by atoms with Crippen LogP contribution >= 0.6 is 12.2 Å². The van der Waals surface area contributed by atoms with Crippen LogP contribution in [-0.2, 0) is 19.5 Å². The molecule has 2 N–H and O–H groups in total. The lowest BCUT2D eigenvalue weighted by Gasteiger charge is -2.16. The fourth-order valence-corrected chi connectivity index (χ4v) is 3.27. The number of hydrogen-bond acceptors (Lipinski definition) is 4. The van der Waals surface area contributed by atoms with E-state index in [0.717, 1.165) is 23.9 Å². The number of rotatable bonds is 6. The Morgan fingerprint density at radius 3 is 2.68 bits per heavy atom. The van der Waals surface area contributed by atoms with Gasteiger partial charge in [0.05, 0.1) is 23.1 Å². The highest BCUT2D eigenvalue weighted by atomic mass is 32.1. The zero-order chi connectivity index (χ0) is 18.0. The number of unbranched alkanes of at least 4 members (excludes halogenated alkanes) is 1. The first-order chi connectivity index (χ1) is 12.1. The fraction of sp³-hybridized carbons (Fsp3) is 0.389. The van der Waals surface area contributed by atoms with Gasteiger partial charge in [-0.1, -0.05) is 32.4 Å². The molecule has 6 nitrogen and oxygen atoms in total. The maximum absolute atomic E-state index is 12.6. The van der Waals surface area contributed by atoms with E-state index in [0.29, 0.717) is 35.7 Å². The topological polar surface area (TPSA) is 75.8 Å². The smallest absolute Gasteiger partial charge is 0.261 e. The monoisotopic (exact) mass is 358 g/mol.